The van der Waals surface area contributed by atoms with E-state index in [1.807, 2.05) is 26.0 Å². The molecule has 1 rings (SSSR count). The number of allylic oxidation sites excluding steroid dienone is 1. The van der Waals surface area contributed by atoms with Crippen molar-refractivity contribution in [3.63, 3.8) is 0 Å². The summed E-state index contributed by atoms with van der Waals surface area (Å²) >= 11 is 0. The quantitative estimate of drug-likeness (QED) is 0.752. The summed E-state index contributed by atoms with van der Waals surface area (Å²) in [6.45, 7) is 4.38. The zero-order valence-corrected chi connectivity index (χ0v) is 10.7. The lowest BCUT2D eigenvalue weighted by atomic mass is 9.87. The monoisotopic (exact) mass is 239 g/mol. The van der Waals surface area contributed by atoms with E-state index in [0.29, 0.717) is 13.0 Å². The average molecular weight is 239 g/mol. The van der Waals surface area contributed by atoms with Crippen molar-refractivity contribution in [2.24, 2.45) is 11.8 Å². The number of ether oxygens (including phenoxy) is 1. The molecular weight excluding hydrogens is 218 g/mol. The van der Waals surface area contributed by atoms with Gasteiger partial charge in [-0.2, -0.15) is 0 Å². The van der Waals surface area contributed by atoms with Gasteiger partial charge in [0, 0.05) is 32.4 Å². The van der Waals surface area contributed by atoms with E-state index in [0.717, 1.165) is 0 Å². The largest absolute Gasteiger partial charge is 0.380 e. The van der Waals surface area contributed by atoms with Gasteiger partial charge in [-0.3, -0.25) is 9.59 Å². The minimum Gasteiger partial charge on any atom is -0.380 e. The number of methoxy groups -OCH3 is 1. The number of hydrogen-bond acceptors (Lipinski definition) is 3. The predicted octanol–water partition coefficient (Wildman–Crippen LogP) is 1.31. The Balaban J connectivity index is 2.83. The molecule has 1 N–H and O–H groups in total. The maximum Gasteiger partial charge on any atom is 0.226 e. The molecule has 0 unspecified atom stereocenters. The molecule has 1 saturated heterocycles. The van der Waals surface area contributed by atoms with E-state index in [1.165, 1.54) is 0 Å². The lowest BCUT2D eigenvalue weighted by Crippen LogP contribution is -2.40. The first-order valence-electron chi connectivity index (χ1n) is 6.05. The fourth-order valence-electron chi connectivity index (χ4n) is 2.32. The van der Waals surface area contributed by atoms with Crippen LogP contribution in [0.1, 0.15) is 26.7 Å². The molecule has 1 amide bonds. The lowest BCUT2D eigenvalue weighted by Gasteiger charge is -2.26. The molecule has 4 heteroatoms. The Kier molecular flexibility index (Phi) is 5.35. The maximum absolute atomic E-state index is 11.9. The number of Topliss-reactive ketones (excluding diaryl/α,β-unsaturated/α-hetero) is 1. The lowest BCUT2D eigenvalue weighted by molar-refractivity contribution is -0.133. The second-order valence-electron chi connectivity index (χ2n) is 4.48. The summed E-state index contributed by atoms with van der Waals surface area (Å²) in [7, 11) is 1.59. The normalized spacial score (nSPS) is 25.5. The van der Waals surface area contributed by atoms with Crippen LogP contribution in [0, 0.1) is 11.8 Å². The highest BCUT2D eigenvalue weighted by atomic mass is 16.5. The molecule has 0 aromatic rings. The summed E-state index contributed by atoms with van der Waals surface area (Å²) in [4.78, 5) is 23.5. The van der Waals surface area contributed by atoms with Gasteiger partial charge in [0.25, 0.3) is 0 Å². The predicted molar refractivity (Wildman–Crippen MR) is 65.5 cm³/mol. The molecule has 1 fully saturated rings. The number of carbonyl (C=O) groups excluding carboxylic acids is 2. The first-order valence-corrected chi connectivity index (χ1v) is 6.05. The number of carbonyl (C=O) groups is 2. The second-order valence-corrected chi connectivity index (χ2v) is 4.48. The van der Waals surface area contributed by atoms with Gasteiger partial charge in [-0.05, 0) is 6.92 Å². The van der Waals surface area contributed by atoms with Crippen molar-refractivity contribution in [1.82, 2.24) is 5.32 Å². The molecule has 1 aliphatic rings. The zero-order valence-electron chi connectivity index (χ0n) is 10.7. The number of ketones is 1. The third kappa shape index (κ3) is 3.66. The summed E-state index contributed by atoms with van der Waals surface area (Å²) < 4.78 is 5.41. The van der Waals surface area contributed by atoms with Crippen LogP contribution in [0.2, 0.25) is 0 Å². The van der Waals surface area contributed by atoms with Gasteiger partial charge in [0.15, 0.2) is 0 Å². The van der Waals surface area contributed by atoms with E-state index in [9.17, 15) is 9.59 Å². The van der Waals surface area contributed by atoms with Crippen LogP contribution < -0.4 is 5.32 Å². The van der Waals surface area contributed by atoms with E-state index >= 15 is 0 Å². The Morgan fingerprint density at radius 2 is 2.18 bits per heavy atom. The molecular formula is C13H21NO3. The Hall–Kier alpha value is -1.16. The highest BCUT2D eigenvalue weighted by Crippen LogP contribution is 2.23. The average Bonchev–Trinajstić information content (AvgIpc) is 2.43. The molecule has 17 heavy (non-hydrogen) atoms. The smallest absolute Gasteiger partial charge is 0.226 e. The zero-order chi connectivity index (χ0) is 12.8. The fraction of sp³-hybridized carbons (Fsp3) is 0.692. The molecule has 0 saturated carbocycles. The fourth-order valence-corrected chi connectivity index (χ4v) is 2.32. The van der Waals surface area contributed by atoms with Crippen LogP contribution in [0.15, 0.2) is 12.2 Å². The number of amides is 1. The number of nitrogens with one attached hydrogen (secondary N) is 1. The van der Waals surface area contributed by atoms with E-state index in [1.54, 1.807) is 7.11 Å². The van der Waals surface area contributed by atoms with Crippen molar-refractivity contribution in [3.8, 4) is 0 Å². The van der Waals surface area contributed by atoms with Gasteiger partial charge in [-0.25, -0.2) is 0 Å². The molecule has 0 spiro atoms. The first kappa shape index (κ1) is 13.9. The Labute approximate surface area is 102 Å². The van der Waals surface area contributed by atoms with Gasteiger partial charge < -0.3 is 10.1 Å². The van der Waals surface area contributed by atoms with E-state index in [2.05, 4.69) is 5.32 Å². The third-order valence-electron chi connectivity index (χ3n) is 3.17. The van der Waals surface area contributed by atoms with Crippen molar-refractivity contribution < 1.29 is 14.3 Å². The SMILES string of the molecule is C/C=C/[C@@H](C)[C@@H](OC)[C@@H]1CC(=O)CCNC1=O. The van der Waals surface area contributed by atoms with Crippen molar-refractivity contribution >= 4 is 11.7 Å². The topological polar surface area (TPSA) is 55.4 Å². The van der Waals surface area contributed by atoms with Crippen LogP contribution in [-0.4, -0.2) is 31.4 Å². The summed E-state index contributed by atoms with van der Waals surface area (Å²) in [6.07, 6.45) is 4.40. The van der Waals surface area contributed by atoms with E-state index < -0.39 is 0 Å². The minimum absolute atomic E-state index is 0.0703. The maximum atomic E-state index is 11.9. The van der Waals surface area contributed by atoms with Crippen LogP contribution in [-0.2, 0) is 14.3 Å². The molecule has 1 aliphatic heterocycles. The van der Waals surface area contributed by atoms with E-state index in [-0.39, 0.29) is 36.1 Å². The van der Waals surface area contributed by atoms with Crippen LogP contribution in [0.4, 0.5) is 0 Å². The molecule has 96 valence electrons. The molecule has 0 aromatic carbocycles. The van der Waals surface area contributed by atoms with Crippen LogP contribution in [0.5, 0.6) is 0 Å². The van der Waals surface area contributed by atoms with Gasteiger partial charge in [0.1, 0.15) is 5.78 Å². The second kappa shape index (κ2) is 6.55. The third-order valence-corrected chi connectivity index (χ3v) is 3.17. The molecule has 1 heterocycles. The molecule has 0 radical (unpaired) electrons. The summed E-state index contributed by atoms with van der Waals surface area (Å²) in [5, 5.41) is 2.77. The first-order chi connectivity index (χ1) is 8.10. The summed E-state index contributed by atoms with van der Waals surface area (Å²) in [5.41, 5.74) is 0. The summed E-state index contributed by atoms with van der Waals surface area (Å²) in [6, 6.07) is 0. The number of rotatable bonds is 4. The van der Waals surface area contributed by atoms with Gasteiger partial charge in [-0.1, -0.05) is 19.1 Å². The van der Waals surface area contributed by atoms with Crippen LogP contribution in [0.3, 0.4) is 0 Å². The summed E-state index contributed by atoms with van der Waals surface area (Å²) in [5.74, 6) is -0.199. The van der Waals surface area contributed by atoms with Crippen LogP contribution in [0.25, 0.3) is 0 Å². The molecule has 3 atom stereocenters. The standard InChI is InChI=1S/C13H21NO3/c1-4-5-9(2)12(17-3)11-8-10(15)6-7-14-13(11)16/h4-5,9,11-12H,6-8H2,1-3H3,(H,14,16)/b5-4+/t9-,11+,12-/m1/s1. The van der Waals surface area contributed by atoms with Crippen molar-refractivity contribution in [2.45, 2.75) is 32.8 Å². The van der Waals surface area contributed by atoms with Crippen LogP contribution >= 0.6 is 0 Å². The molecule has 4 nitrogen and oxygen atoms in total. The molecule has 0 aliphatic carbocycles. The van der Waals surface area contributed by atoms with Crippen molar-refractivity contribution in [2.75, 3.05) is 13.7 Å². The van der Waals surface area contributed by atoms with Gasteiger partial charge in [-0.15, -0.1) is 0 Å². The highest BCUT2D eigenvalue weighted by Gasteiger charge is 2.34. The molecule has 0 aromatic heterocycles. The van der Waals surface area contributed by atoms with Gasteiger partial charge >= 0.3 is 0 Å². The molecule has 0 bridgehead atoms. The van der Waals surface area contributed by atoms with Gasteiger partial charge in [0.2, 0.25) is 5.91 Å². The minimum atomic E-state index is -0.374. The van der Waals surface area contributed by atoms with Crippen molar-refractivity contribution in [3.05, 3.63) is 12.2 Å². The van der Waals surface area contributed by atoms with E-state index in [4.69, 9.17) is 4.74 Å². The van der Waals surface area contributed by atoms with Gasteiger partial charge in [0.05, 0.1) is 12.0 Å². The Morgan fingerprint density at radius 3 is 2.76 bits per heavy atom. The Morgan fingerprint density at radius 1 is 1.47 bits per heavy atom. The Bertz CT molecular complexity index is 312. The highest BCUT2D eigenvalue weighted by molar-refractivity contribution is 5.89. The van der Waals surface area contributed by atoms with Crippen molar-refractivity contribution in [1.29, 1.82) is 0 Å². The number of hydrogen-bond donors (Lipinski definition) is 1.